The normalized spacial score (nSPS) is 10.7. The van der Waals surface area contributed by atoms with Crippen molar-refractivity contribution in [3.63, 3.8) is 0 Å². The number of benzene rings is 1. The Hall–Kier alpha value is -1.99. The maximum absolute atomic E-state index is 10.7. The summed E-state index contributed by atoms with van der Waals surface area (Å²) in [6, 6.07) is 4.44. The zero-order valence-corrected chi connectivity index (χ0v) is 11.4. The number of halogens is 1. The average Bonchev–Trinajstić information content (AvgIpc) is 2.93. The van der Waals surface area contributed by atoms with E-state index < -0.39 is 4.92 Å². The van der Waals surface area contributed by atoms with Gasteiger partial charge in [-0.3, -0.25) is 15.2 Å². The van der Waals surface area contributed by atoms with Crippen molar-refractivity contribution < 1.29 is 4.92 Å². The molecule has 1 aromatic heterocycles. The Balaban J connectivity index is 1.78. The van der Waals surface area contributed by atoms with Crippen molar-refractivity contribution in [2.45, 2.75) is 19.4 Å². The first-order valence-corrected chi connectivity index (χ1v) is 6.52. The predicted octanol–water partition coefficient (Wildman–Crippen LogP) is 2.09. The van der Waals surface area contributed by atoms with Gasteiger partial charge in [0, 0.05) is 30.1 Å². The molecular formula is C12H14ClN5O2. The van der Waals surface area contributed by atoms with Crippen molar-refractivity contribution in [2.24, 2.45) is 0 Å². The number of aromatic amines is 1. The number of nitrogens with one attached hydrogen (secondary N) is 2. The van der Waals surface area contributed by atoms with E-state index in [1.165, 1.54) is 18.5 Å². The number of aryl methyl sites for hydroxylation is 1. The van der Waals surface area contributed by atoms with E-state index in [9.17, 15) is 10.1 Å². The molecule has 0 saturated carbocycles. The predicted molar refractivity (Wildman–Crippen MR) is 74.5 cm³/mol. The molecule has 2 rings (SSSR count). The van der Waals surface area contributed by atoms with Crippen molar-refractivity contribution in [2.75, 3.05) is 6.54 Å². The van der Waals surface area contributed by atoms with E-state index in [0.717, 1.165) is 30.8 Å². The van der Waals surface area contributed by atoms with Gasteiger partial charge in [-0.2, -0.15) is 5.10 Å². The number of aromatic nitrogens is 3. The van der Waals surface area contributed by atoms with Gasteiger partial charge in [0.25, 0.3) is 5.69 Å². The van der Waals surface area contributed by atoms with Crippen LogP contribution in [0.15, 0.2) is 24.5 Å². The molecule has 0 amide bonds. The van der Waals surface area contributed by atoms with Crippen LogP contribution in [0.3, 0.4) is 0 Å². The van der Waals surface area contributed by atoms with Gasteiger partial charge in [0.1, 0.15) is 12.2 Å². The summed E-state index contributed by atoms with van der Waals surface area (Å²) in [4.78, 5) is 14.3. The second-order valence-electron chi connectivity index (χ2n) is 4.25. The van der Waals surface area contributed by atoms with Crippen LogP contribution < -0.4 is 5.32 Å². The zero-order valence-electron chi connectivity index (χ0n) is 10.7. The van der Waals surface area contributed by atoms with Crippen LogP contribution in [0.25, 0.3) is 0 Å². The fraction of sp³-hybridized carbons (Fsp3) is 0.333. The standard InChI is InChI=1S/C12H14ClN5O2/c13-11-4-3-10(18(19)20)6-9(11)7-14-5-1-2-12-15-8-16-17-12/h3-4,6,8,14H,1-2,5,7H2,(H,15,16,17). The Morgan fingerprint density at radius 1 is 1.45 bits per heavy atom. The first kappa shape index (κ1) is 14.4. The Kier molecular flexibility index (Phi) is 5.03. The van der Waals surface area contributed by atoms with Crippen molar-refractivity contribution in [1.82, 2.24) is 20.5 Å². The van der Waals surface area contributed by atoms with Gasteiger partial charge in [0.2, 0.25) is 0 Å². The third-order valence-corrected chi connectivity index (χ3v) is 3.16. The Morgan fingerprint density at radius 3 is 3.00 bits per heavy atom. The number of hydrogen-bond donors (Lipinski definition) is 2. The van der Waals surface area contributed by atoms with E-state index >= 15 is 0 Å². The molecule has 20 heavy (non-hydrogen) atoms. The molecule has 1 aromatic carbocycles. The summed E-state index contributed by atoms with van der Waals surface area (Å²) in [5.41, 5.74) is 0.772. The number of nitrogens with zero attached hydrogens (tertiary/aromatic N) is 3. The zero-order chi connectivity index (χ0) is 14.4. The van der Waals surface area contributed by atoms with Gasteiger partial charge in [0.15, 0.2) is 0 Å². The van der Waals surface area contributed by atoms with Gasteiger partial charge >= 0.3 is 0 Å². The first-order chi connectivity index (χ1) is 9.66. The number of nitro benzene ring substituents is 1. The SMILES string of the molecule is O=[N+]([O-])c1ccc(Cl)c(CNCCCc2ncn[nH]2)c1. The van der Waals surface area contributed by atoms with Crippen LogP contribution in [0, 0.1) is 10.1 Å². The molecule has 1 heterocycles. The summed E-state index contributed by atoms with van der Waals surface area (Å²) in [6.07, 6.45) is 3.17. The van der Waals surface area contributed by atoms with Gasteiger partial charge < -0.3 is 5.32 Å². The summed E-state index contributed by atoms with van der Waals surface area (Å²) < 4.78 is 0. The summed E-state index contributed by atoms with van der Waals surface area (Å²) >= 11 is 6.01. The fourth-order valence-electron chi connectivity index (χ4n) is 1.77. The number of nitro groups is 1. The van der Waals surface area contributed by atoms with Gasteiger partial charge in [-0.25, -0.2) is 4.98 Å². The molecule has 106 valence electrons. The van der Waals surface area contributed by atoms with Crippen molar-refractivity contribution in [1.29, 1.82) is 0 Å². The lowest BCUT2D eigenvalue weighted by Crippen LogP contribution is -2.16. The highest BCUT2D eigenvalue weighted by atomic mass is 35.5. The van der Waals surface area contributed by atoms with Crippen molar-refractivity contribution >= 4 is 17.3 Å². The maximum Gasteiger partial charge on any atom is 0.269 e. The Bertz CT molecular complexity index is 573. The van der Waals surface area contributed by atoms with Crippen LogP contribution in [-0.4, -0.2) is 26.6 Å². The highest BCUT2D eigenvalue weighted by Crippen LogP contribution is 2.21. The Morgan fingerprint density at radius 2 is 2.30 bits per heavy atom. The molecule has 0 fully saturated rings. The van der Waals surface area contributed by atoms with E-state index in [2.05, 4.69) is 20.5 Å². The van der Waals surface area contributed by atoms with E-state index in [1.807, 2.05) is 0 Å². The van der Waals surface area contributed by atoms with Crippen LogP contribution in [0.5, 0.6) is 0 Å². The average molecular weight is 296 g/mol. The first-order valence-electron chi connectivity index (χ1n) is 6.14. The molecule has 0 radical (unpaired) electrons. The molecule has 0 spiro atoms. The molecule has 0 aliphatic heterocycles. The van der Waals surface area contributed by atoms with Gasteiger partial charge in [-0.1, -0.05) is 11.6 Å². The number of hydrogen-bond acceptors (Lipinski definition) is 5. The second-order valence-corrected chi connectivity index (χ2v) is 4.65. The molecule has 7 nitrogen and oxygen atoms in total. The summed E-state index contributed by atoms with van der Waals surface area (Å²) in [7, 11) is 0. The fourth-order valence-corrected chi connectivity index (χ4v) is 1.95. The lowest BCUT2D eigenvalue weighted by molar-refractivity contribution is -0.384. The topological polar surface area (TPSA) is 96.7 Å². The van der Waals surface area contributed by atoms with Crippen molar-refractivity contribution in [3.05, 3.63) is 51.1 Å². The largest absolute Gasteiger partial charge is 0.313 e. The minimum atomic E-state index is -0.427. The van der Waals surface area contributed by atoms with Crippen LogP contribution >= 0.6 is 11.6 Å². The number of non-ortho nitro benzene ring substituents is 1. The lowest BCUT2D eigenvalue weighted by Gasteiger charge is -2.06. The van der Waals surface area contributed by atoms with E-state index in [1.54, 1.807) is 6.07 Å². The Labute approximate surface area is 120 Å². The molecule has 2 N–H and O–H groups in total. The quantitative estimate of drug-likeness (QED) is 0.463. The van der Waals surface area contributed by atoms with E-state index in [-0.39, 0.29) is 5.69 Å². The van der Waals surface area contributed by atoms with Gasteiger partial charge in [0.05, 0.1) is 4.92 Å². The molecular weight excluding hydrogens is 282 g/mol. The highest BCUT2D eigenvalue weighted by Gasteiger charge is 2.09. The minimum Gasteiger partial charge on any atom is -0.313 e. The second kappa shape index (κ2) is 6.97. The molecule has 2 aromatic rings. The monoisotopic (exact) mass is 295 g/mol. The molecule has 0 unspecified atom stereocenters. The van der Waals surface area contributed by atoms with E-state index in [4.69, 9.17) is 11.6 Å². The number of rotatable bonds is 7. The maximum atomic E-state index is 10.7. The smallest absolute Gasteiger partial charge is 0.269 e. The summed E-state index contributed by atoms with van der Waals surface area (Å²) in [5, 5.41) is 21.0. The van der Waals surface area contributed by atoms with Crippen LogP contribution in [-0.2, 0) is 13.0 Å². The van der Waals surface area contributed by atoms with Gasteiger partial charge in [-0.15, -0.1) is 0 Å². The third kappa shape index (κ3) is 4.01. The molecule has 0 atom stereocenters. The summed E-state index contributed by atoms with van der Waals surface area (Å²) in [5.74, 6) is 0.847. The summed E-state index contributed by atoms with van der Waals surface area (Å²) in [6.45, 7) is 1.26. The van der Waals surface area contributed by atoms with Crippen LogP contribution in [0.1, 0.15) is 17.8 Å². The van der Waals surface area contributed by atoms with Crippen molar-refractivity contribution in [3.8, 4) is 0 Å². The number of H-pyrrole nitrogens is 1. The molecule has 0 saturated heterocycles. The minimum absolute atomic E-state index is 0.0489. The molecule has 0 aliphatic carbocycles. The van der Waals surface area contributed by atoms with E-state index in [0.29, 0.717) is 11.6 Å². The molecule has 0 aliphatic rings. The van der Waals surface area contributed by atoms with Crippen LogP contribution in [0.2, 0.25) is 5.02 Å². The van der Waals surface area contributed by atoms with Gasteiger partial charge in [-0.05, 0) is 24.6 Å². The lowest BCUT2D eigenvalue weighted by atomic mass is 10.2. The molecule has 0 bridgehead atoms. The third-order valence-electron chi connectivity index (χ3n) is 2.79. The molecule has 8 heteroatoms. The highest BCUT2D eigenvalue weighted by molar-refractivity contribution is 6.31. The van der Waals surface area contributed by atoms with Crippen LogP contribution in [0.4, 0.5) is 5.69 Å².